The molecular weight excluding hydrogens is 322 g/mol. The Morgan fingerprint density at radius 2 is 2.16 bits per heavy atom. The zero-order chi connectivity index (χ0) is 13.8. The Balaban J connectivity index is 2.23. The maximum Gasteiger partial charge on any atom is 0.254 e. The molecule has 0 bridgehead atoms. The van der Waals surface area contributed by atoms with Crippen LogP contribution in [0, 0.1) is 6.92 Å². The van der Waals surface area contributed by atoms with E-state index < -0.39 is 0 Å². The third-order valence-corrected chi connectivity index (χ3v) is 4.38. The minimum Gasteiger partial charge on any atom is -0.334 e. The molecule has 0 N–H and O–H groups in total. The maximum atomic E-state index is 12.6. The number of carbonyl (C=O) groups excluding carboxylic acids is 1. The third kappa shape index (κ3) is 3.45. The minimum atomic E-state index is 0.0923. The number of amides is 1. The fraction of sp³-hybridized carbons (Fsp3) is 0.267. The van der Waals surface area contributed by atoms with Crippen LogP contribution in [0.3, 0.4) is 0 Å². The van der Waals surface area contributed by atoms with Crippen molar-refractivity contribution in [3.8, 4) is 0 Å². The first-order valence-corrected chi connectivity index (χ1v) is 7.87. The normalized spacial score (nSPS) is 10.5. The molecule has 4 heteroatoms. The Morgan fingerprint density at radius 1 is 1.37 bits per heavy atom. The van der Waals surface area contributed by atoms with Crippen LogP contribution in [0.15, 0.2) is 40.2 Å². The third-order valence-electron chi connectivity index (χ3n) is 3.03. The van der Waals surface area contributed by atoms with Gasteiger partial charge in [0.05, 0.1) is 6.54 Å². The van der Waals surface area contributed by atoms with Crippen LogP contribution < -0.4 is 0 Å². The van der Waals surface area contributed by atoms with Crippen LogP contribution in [-0.2, 0) is 6.54 Å². The average molecular weight is 338 g/mol. The first-order chi connectivity index (χ1) is 9.11. The summed E-state index contributed by atoms with van der Waals surface area (Å²) in [6.45, 7) is 5.37. The lowest BCUT2D eigenvalue weighted by Gasteiger charge is -2.21. The second-order valence-corrected chi connectivity index (χ2v) is 6.31. The van der Waals surface area contributed by atoms with Crippen LogP contribution in [0.5, 0.6) is 0 Å². The highest BCUT2D eigenvalue weighted by atomic mass is 79.9. The zero-order valence-electron chi connectivity index (χ0n) is 11.0. The van der Waals surface area contributed by atoms with Gasteiger partial charge in [0, 0.05) is 21.5 Å². The molecule has 1 aromatic carbocycles. The van der Waals surface area contributed by atoms with E-state index in [-0.39, 0.29) is 5.91 Å². The summed E-state index contributed by atoms with van der Waals surface area (Å²) in [5.41, 5.74) is 1.78. The molecule has 0 unspecified atom stereocenters. The Kier molecular flexibility index (Phi) is 4.77. The molecule has 1 aromatic heterocycles. The van der Waals surface area contributed by atoms with E-state index in [1.54, 1.807) is 11.3 Å². The Labute approximate surface area is 126 Å². The first kappa shape index (κ1) is 14.3. The van der Waals surface area contributed by atoms with Gasteiger partial charge in [0.1, 0.15) is 0 Å². The van der Waals surface area contributed by atoms with Crippen molar-refractivity contribution >= 4 is 33.2 Å². The SMILES string of the molecule is CCN(Cc1cccs1)C(=O)c1cc(Br)ccc1C. The van der Waals surface area contributed by atoms with Crippen molar-refractivity contribution in [2.75, 3.05) is 6.54 Å². The molecular formula is C15H16BrNOS. The van der Waals surface area contributed by atoms with E-state index in [2.05, 4.69) is 22.0 Å². The first-order valence-electron chi connectivity index (χ1n) is 6.19. The molecule has 2 aromatic rings. The van der Waals surface area contributed by atoms with Crippen LogP contribution in [0.25, 0.3) is 0 Å². The molecule has 0 aliphatic heterocycles. The molecule has 0 fully saturated rings. The molecule has 1 heterocycles. The second-order valence-electron chi connectivity index (χ2n) is 4.36. The van der Waals surface area contributed by atoms with Gasteiger partial charge in [0.25, 0.3) is 5.91 Å². The Bertz CT molecular complexity index is 566. The quantitative estimate of drug-likeness (QED) is 0.805. The maximum absolute atomic E-state index is 12.6. The van der Waals surface area contributed by atoms with Crippen molar-refractivity contribution in [1.82, 2.24) is 4.90 Å². The van der Waals surface area contributed by atoms with Crippen LogP contribution in [0.1, 0.15) is 27.7 Å². The topological polar surface area (TPSA) is 20.3 Å². The molecule has 0 atom stereocenters. The second kappa shape index (κ2) is 6.35. The molecule has 2 rings (SSSR count). The standard InChI is InChI=1S/C15H16BrNOS/c1-3-17(10-13-5-4-8-19-13)15(18)14-9-12(16)7-6-11(14)2/h4-9H,3,10H2,1-2H3. The Hall–Kier alpha value is -1.13. The van der Waals surface area contributed by atoms with Gasteiger partial charge in [0.15, 0.2) is 0 Å². The molecule has 19 heavy (non-hydrogen) atoms. The number of benzene rings is 1. The van der Waals surface area contributed by atoms with Gasteiger partial charge in [-0.15, -0.1) is 11.3 Å². The monoisotopic (exact) mass is 337 g/mol. The molecule has 0 radical (unpaired) electrons. The molecule has 0 saturated carbocycles. The molecule has 0 aliphatic carbocycles. The van der Waals surface area contributed by atoms with E-state index in [0.29, 0.717) is 13.1 Å². The molecule has 100 valence electrons. The fourth-order valence-electron chi connectivity index (χ4n) is 1.91. The highest BCUT2D eigenvalue weighted by Crippen LogP contribution is 2.19. The van der Waals surface area contributed by atoms with E-state index in [4.69, 9.17) is 0 Å². The number of hydrogen-bond donors (Lipinski definition) is 0. The van der Waals surface area contributed by atoms with E-state index >= 15 is 0 Å². The summed E-state index contributed by atoms with van der Waals surface area (Å²) < 4.78 is 0.939. The summed E-state index contributed by atoms with van der Waals surface area (Å²) in [4.78, 5) is 15.7. The highest BCUT2D eigenvalue weighted by molar-refractivity contribution is 9.10. The number of carbonyl (C=O) groups is 1. The summed E-state index contributed by atoms with van der Waals surface area (Å²) >= 11 is 5.11. The zero-order valence-corrected chi connectivity index (χ0v) is 13.4. The molecule has 1 amide bonds. The number of thiophene rings is 1. The summed E-state index contributed by atoms with van der Waals surface area (Å²) in [7, 11) is 0. The summed E-state index contributed by atoms with van der Waals surface area (Å²) in [5.74, 6) is 0.0923. The largest absolute Gasteiger partial charge is 0.334 e. The van der Waals surface area contributed by atoms with Crippen LogP contribution in [0.2, 0.25) is 0 Å². The number of hydrogen-bond acceptors (Lipinski definition) is 2. The van der Waals surface area contributed by atoms with Crippen molar-refractivity contribution in [3.63, 3.8) is 0 Å². The van der Waals surface area contributed by atoms with Crippen LogP contribution >= 0.6 is 27.3 Å². The van der Waals surface area contributed by atoms with Gasteiger partial charge < -0.3 is 4.90 Å². The van der Waals surface area contributed by atoms with Gasteiger partial charge in [-0.3, -0.25) is 4.79 Å². The van der Waals surface area contributed by atoms with E-state index in [1.165, 1.54) is 4.88 Å². The van der Waals surface area contributed by atoms with Crippen molar-refractivity contribution < 1.29 is 4.79 Å². The van der Waals surface area contributed by atoms with Gasteiger partial charge in [-0.1, -0.05) is 28.1 Å². The lowest BCUT2D eigenvalue weighted by molar-refractivity contribution is 0.0753. The summed E-state index contributed by atoms with van der Waals surface area (Å²) in [6, 6.07) is 9.91. The summed E-state index contributed by atoms with van der Waals surface area (Å²) in [5, 5.41) is 2.04. The van der Waals surface area contributed by atoms with Crippen molar-refractivity contribution in [2.24, 2.45) is 0 Å². The molecule has 0 spiro atoms. The molecule has 2 nitrogen and oxygen atoms in total. The van der Waals surface area contributed by atoms with Gasteiger partial charge in [0.2, 0.25) is 0 Å². The molecule has 0 aliphatic rings. The van der Waals surface area contributed by atoms with E-state index in [1.807, 2.05) is 48.4 Å². The van der Waals surface area contributed by atoms with Crippen molar-refractivity contribution in [2.45, 2.75) is 20.4 Å². The van der Waals surface area contributed by atoms with Crippen molar-refractivity contribution in [3.05, 3.63) is 56.2 Å². The van der Waals surface area contributed by atoms with Crippen molar-refractivity contribution in [1.29, 1.82) is 0 Å². The van der Waals surface area contributed by atoms with Crippen LogP contribution in [0.4, 0.5) is 0 Å². The predicted octanol–water partition coefficient (Wildman–Crippen LogP) is 4.48. The minimum absolute atomic E-state index is 0.0923. The predicted molar refractivity (Wildman–Crippen MR) is 83.6 cm³/mol. The van der Waals surface area contributed by atoms with Gasteiger partial charge in [-0.25, -0.2) is 0 Å². The van der Waals surface area contributed by atoms with Gasteiger partial charge >= 0.3 is 0 Å². The number of aryl methyl sites for hydroxylation is 1. The lowest BCUT2D eigenvalue weighted by atomic mass is 10.1. The van der Waals surface area contributed by atoms with E-state index in [0.717, 1.165) is 15.6 Å². The van der Waals surface area contributed by atoms with Gasteiger partial charge in [-0.05, 0) is 43.0 Å². The number of rotatable bonds is 4. The summed E-state index contributed by atoms with van der Waals surface area (Å²) in [6.07, 6.45) is 0. The lowest BCUT2D eigenvalue weighted by Crippen LogP contribution is -2.30. The fourth-order valence-corrected chi connectivity index (χ4v) is 2.99. The smallest absolute Gasteiger partial charge is 0.254 e. The average Bonchev–Trinajstić information content (AvgIpc) is 2.91. The Morgan fingerprint density at radius 3 is 2.79 bits per heavy atom. The highest BCUT2D eigenvalue weighted by Gasteiger charge is 2.17. The molecule has 0 saturated heterocycles. The number of halogens is 1. The number of nitrogens with zero attached hydrogens (tertiary/aromatic N) is 1. The van der Waals surface area contributed by atoms with E-state index in [9.17, 15) is 4.79 Å². The van der Waals surface area contributed by atoms with Gasteiger partial charge in [-0.2, -0.15) is 0 Å². The van der Waals surface area contributed by atoms with Crippen LogP contribution in [-0.4, -0.2) is 17.4 Å².